The first kappa shape index (κ1) is 14.8. The van der Waals surface area contributed by atoms with Crippen LogP contribution in [0.15, 0.2) is 0 Å². The fourth-order valence-corrected chi connectivity index (χ4v) is 0.848. The summed E-state index contributed by atoms with van der Waals surface area (Å²) in [6.07, 6.45) is -5.57. The Hall–Kier alpha value is -1.17. The lowest BCUT2D eigenvalue weighted by atomic mass is 10.2. The van der Waals surface area contributed by atoms with Gasteiger partial charge in [0.15, 0.2) is 6.10 Å². The Balaban J connectivity index is 4.31. The minimum absolute atomic E-state index is 0.490. The lowest BCUT2D eigenvalue weighted by Gasteiger charge is -2.16. The summed E-state index contributed by atoms with van der Waals surface area (Å²) in [6.45, 7) is 6.15. The molecule has 0 spiro atoms. The number of ether oxygens (including phenoxy) is 2. The molecule has 0 rings (SSSR count). The lowest BCUT2D eigenvalue weighted by molar-refractivity contribution is -0.172. The molecule has 0 aromatic heterocycles. The van der Waals surface area contributed by atoms with Gasteiger partial charge in [-0.2, -0.15) is 0 Å². The zero-order valence-corrected chi connectivity index (χ0v) is 9.77. The Morgan fingerprint density at radius 2 is 1.38 bits per heavy atom. The van der Waals surface area contributed by atoms with E-state index in [4.69, 9.17) is 5.11 Å². The number of alkyl halides is 1. The third kappa shape index (κ3) is 5.06. The third-order valence-electron chi connectivity index (χ3n) is 1.45. The molecule has 0 saturated carbocycles. The molecule has 0 unspecified atom stereocenters. The van der Waals surface area contributed by atoms with Gasteiger partial charge in [0.25, 0.3) is 0 Å². The molecule has 6 heteroatoms. The van der Waals surface area contributed by atoms with E-state index < -0.39 is 36.4 Å². The molecule has 0 aromatic carbocycles. The van der Waals surface area contributed by atoms with E-state index in [-0.39, 0.29) is 0 Å². The molecule has 5 nitrogen and oxygen atoms in total. The summed E-state index contributed by atoms with van der Waals surface area (Å²) in [5, 5.41) is 9.17. The number of esters is 2. The average molecular weight is 236 g/mol. The molecule has 94 valence electrons. The molecule has 16 heavy (non-hydrogen) atoms. The van der Waals surface area contributed by atoms with Crippen molar-refractivity contribution in [2.75, 3.05) is 0 Å². The molecule has 0 aliphatic heterocycles. The van der Waals surface area contributed by atoms with Gasteiger partial charge in [0.1, 0.15) is 0 Å². The van der Waals surface area contributed by atoms with Crippen molar-refractivity contribution in [3.8, 4) is 0 Å². The second kappa shape index (κ2) is 6.42. The van der Waals surface area contributed by atoms with Crippen LogP contribution < -0.4 is 0 Å². The van der Waals surface area contributed by atoms with Gasteiger partial charge in [0, 0.05) is 0 Å². The van der Waals surface area contributed by atoms with Crippen LogP contribution >= 0.6 is 0 Å². The van der Waals surface area contributed by atoms with Crippen molar-refractivity contribution in [3.63, 3.8) is 0 Å². The summed E-state index contributed by atoms with van der Waals surface area (Å²) >= 11 is 0. The van der Waals surface area contributed by atoms with Crippen molar-refractivity contribution in [1.82, 2.24) is 0 Å². The first-order valence-electron chi connectivity index (χ1n) is 4.98. The molecule has 2 atom stereocenters. The summed E-state index contributed by atoms with van der Waals surface area (Å²) in [4.78, 5) is 22.1. The fraction of sp³-hybridized carbons (Fsp3) is 0.800. The number of aliphatic hydroxyl groups is 1. The van der Waals surface area contributed by atoms with Crippen LogP contribution in [0.4, 0.5) is 4.39 Å². The largest absolute Gasteiger partial charge is 0.461 e. The number of hydrogen-bond donors (Lipinski definition) is 1. The summed E-state index contributed by atoms with van der Waals surface area (Å²) in [7, 11) is 0. The maximum atomic E-state index is 13.2. The predicted molar refractivity (Wildman–Crippen MR) is 53.4 cm³/mol. The minimum atomic E-state index is -2.42. The molecule has 0 heterocycles. The van der Waals surface area contributed by atoms with Crippen molar-refractivity contribution in [1.29, 1.82) is 0 Å². The summed E-state index contributed by atoms with van der Waals surface area (Å²) in [6, 6.07) is 0. The molecule has 0 radical (unpaired) electrons. The molecule has 1 N–H and O–H groups in total. The Morgan fingerprint density at radius 3 is 1.75 bits per heavy atom. The van der Waals surface area contributed by atoms with Crippen LogP contribution in [0, 0.1) is 0 Å². The molecule has 0 aromatic rings. The van der Waals surface area contributed by atoms with Gasteiger partial charge in [-0.25, -0.2) is 14.0 Å². The number of carbonyl (C=O) groups excluding carboxylic acids is 2. The van der Waals surface area contributed by atoms with Crippen molar-refractivity contribution >= 4 is 11.9 Å². The number of halogens is 1. The van der Waals surface area contributed by atoms with Crippen LogP contribution in [-0.2, 0) is 19.1 Å². The highest BCUT2D eigenvalue weighted by Gasteiger charge is 2.35. The molecule has 0 saturated heterocycles. The van der Waals surface area contributed by atoms with Crippen molar-refractivity contribution < 1.29 is 28.6 Å². The van der Waals surface area contributed by atoms with Crippen molar-refractivity contribution in [2.45, 2.75) is 52.2 Å². The zero-order chi connectivity index (χ0) is 12.9. The van der Waals surface area contributed by atoms with E-state index >= 15 is 0 Å². The highest BCUT2D eigenvalue weighted by molar-refractivity contribution is 5.85. The molecule has 0 aliphatic carbocycles. The van der Waals surface area contributed by atoms with E-state index in [2.05, 4.69) is 9.47 Å². The monoisotopic (exact) mass is 236 g/mol. The van der Waals surface area contributed by atoms with E-state index in [9.17, 15) is 14.0 Å². The maximum Gasteiger partial charge on any atom is 0.344 e. The SMILES string of the molecule is CC(C)OC(=O)[C@@H](O)[C@@H](F)C(=O)OC(C)C. The summed E-state index contributed by atoms with van der Waals surface area (Å²) in [5.74, 6) is -2.45. The first-order chi connectivity index (χ1) is 7.25. The van der Waals surface area contributed by atoms with Crippen LogP contribution in [0.3, 0.4) is 0 Å². The van der Waals surface area contributed by atoms with E-state index in [1.165, 1.54) is 13.8 Å². The van der Waals surface area contributed by atoms with E-state index in [0.29, 0.717) is 0 Å². The first-order valence-corrected chi connectivity index (χ1v) is 4.98. The third-order valence-corrected chi connectivity index (χ3v) is 1.45. The fourth-order valence-electron chi connectivity index (χ4n) is 0.848. The van der Waals surface area contributed by atoms with E-state index in [0.717, 1.165) is 0 Å². The number of carbonyl (C=O) groups is 2. The van der Waals surface area contributed by atoms with Gasteiger partial charge in [-0.1, -0.05) is 0 Å². The van der Waals surface area contributed by atoms with Crippen molar-refractivity contribution in [2.24, 2.45) is 0 Å². The maximum absolute atomic E-state index is 13.2. The van der Waals surface area contributed by atoms with Gasteiger partial charge in [-0.05, 0) is 27.7 Å². The average Bonchev–Trinajstić information content (AvgIpc) is 2.13. The molecule has 0 aliphatic rings. The van der Waals surface area contributed by atoms with Gasteiger partial charge >= 0.3 is 11.9 Å². The van der Waals surface area contributed by atoms with Crippen molar-refractivity contribution in [3.05, 3.63) is 0 Å². The lowest BCUT2D eigenvalue weighted by Crippen LogP contribution is -2.40. The van der Waals surface area contributed by atoms with Crippen LogP contribution in [0.1, 0.15) is 27.7 Å². The van der Waals surface area contributed by atoms with Gasteiger partial charge < -0.3 is 14.6 Å². The second-order valence-electron chi connectivity index (χ2n) is 3.82. The predicted octanol–water partition coefficient (Wildman–Crippen LogP) is 0.589. The summed E-state index contributed by atoms with van der Waals surface area (Å²) < 4.78 is 22.3. The van der Waals surface area contributed by atoms with Crippen LogP contribution in [0.2, 0.25) is 0 Å². The Bertz CT molecular complexity index is 226. The highest BCUT2D eigenvalue weighted by atomic mass is 19.1. The molecular formula is C10H17FO5. The van der Waals surface area contributed by atoms with Gasteiger partial charge in [-0.15, -0.1) is 0 Å². The zero-order valence-electron chi connectivity index (χ0n) is 9.77. The quantitative estimate of drug-likeness (QED) is 0.707. The van der Waals surface area contributed by atoms with E-state index in [1.54, 1.807) is 13.8 Å². The molecular weight excluding hydrogens is 219 g/mol. The standard InChI is InChI=1S/C10H17FO5/c1-5(2)15-9(13)7(11)8(12)10(14)16-6(3)4/h5-8,12H,1-4H3/t7-,8+/m1/s1. The molecule has 0 fully saturated rings. The van der Waals surface area contributed by atoms with Gasteiger partial charge in [0.05, 0.1) is 12.2 Å². The molecule has 0 amide bonds. The van der Waals surface area contributed by atoms with E-state index in [1.807, 2.05) is 0 Å². The second-order valence-corrected chi connectivity index (χ2v) is 3.82. The number of rotatable bonds is 5. The van der Waals surface area contributed by atoms with Gasteiger partial charge in [-0.3, -0.25) is 0 Å². The Labute approximate surface area is 93.5 Å². The van der Waals surface area contributed by atoms with Crippen LogP contribution in [-0.4, -0.2) is 41.5 Å². The Morgan fingerprint density at radius 1 is 1.00 bits per heavy atom. The summed E-state index contributed by atoms with van der Waals surface area (Å²) in [5.41, 5.74) is 0. The minimum Gasteiger partial charge on any atom is -0.461 e. The van der Waals surface area contributed by atoms with Gasteiger partial charge in [0.2, 0.25) is 6.17 Å². The topological polar surface area (TPSA) is 72.8 Å². The smallest absolute Gasteiger partial charge is 0.344 e. The normalized spacial score (nSPS) is 14.8. The Kier molecular flexibility index (Phi) is 5.95. The number of aliphatic hydroxyl groups excluding tert-OH is 1. The van der Waals surface area contributed by atoms with Crippen LogP contribution in [0.25, 0.3) is 0 Å². The van der Waals surface area contributed by atoms with Crippen LogP contribution in [0.5, 0.6) is 0 Å². The molecule has 0 bridgehead atoms. The number of hydrogen-bond acceptors (Lipinski definition) is 5. The highest BCUT2D eigenvalue weighted by Crippen LogP contribution is 2.07.